The van der Waals surface area contributed by atoms with Gasteiger partial charge in [-0.3, -0.25) is 14.5 Å². The zero-order valence-corrected chi connectivity index (χ0v) is 16.6. The lowest BCUT2D eigenvalue weighted by molar-refractivity contribution is -0.121. The largest absolute Gasteiger partial charge is 0.468 e. The maximum atomic E-state index is 12.2. The molecule has 0 saturated carbocycles. The number of nitrogens with zero attached hydrogens (tertiary/aromatic N) is 1. The second-order valence-electron chi connectivity index (χ2n) is 6.94. The van der Waals surface area contributed by atoms with Crippen molar-refractivity contribution in [3.8, 4) is 0 Å². The van der Waals surface area contributed by atoms with Crippen LogP contribution in [0.1, 0.15) is 47.8 Å². The molecule has 2 N–H and O–H groups in total. The summed E-state index contributed by atoms with van der Waals surface area (Å²) in [6.45, 7) is 2.80. The molecule has 1 atom stereocenters. The molecule has 7 heteroatoms. The van der Waals surface area contributed by atoms with Gasteiger partial charge in [0.25, 0.3) is 5.91 Å². The summed E-state index contributed by atoms with van der Waals surface area (Å²) in [6, 6.07) is 10.5. The minimum Gasteiger partial charge on any atom is -0.468 e. The summed E-state index contributed by atoms with van der Waals surface area (Å²) in [5.74, 6) is 0.564. The second kappa shape index (κ2) is 10.3. The van der Waals surface area contributed by atoms with Crippen LogP contribution in [0.4, 0.5) is 0 Å². The van der Waals surface area contributed by atoms with Crippen molar-refractivity contribution in [1.82, 2.24) is 15.5 Å². The van der Waals surface area contributed by atoms with E-state index in [0.29, 0.717) is 17.1 Å². The first-order valence-electron chi connectivity index (χ1n) is 9.71. The number of hydrogen-bond donors (Lipinski definition) is 2. The molecule has 1 aliphatic rings. The Balaban J connectivity index is 1.44. The summed E-state index contributed by atoms with van der Waals surface area (Å²) in [7, 11) is 0. The maximum Gasteiger partial charge on any atom is 0.251 e. The number of hydrogen-bond acceptors (Lipinski definition) is 4. The van der Waals surface area contributed by atoms with Crippen molar-refractivity contribution in [1.29, 1.82) is 0 Å². The Labute approximate surface area is 170 Å². The van der Waals surface area contributed by atoms with Crippen molar-refractivity contribution in [3.63, 3.8) is 0 Å². The Morgan fingerprint density at radius 2 is 1.82 bits per heavy atom. The highest BCUT2D eigenvalue weighted by Crippen LogP contribution is 2.24. The van der Waals surface area contributed by atoms with Gasteiger partial charge in [-0.1, -0.05) is 18.0 Å². The molecule has 1 aromatic carbocycles. The molecule has 0 unspecified atom stereocenters. The molecule has 3 rings (SSSR count). The number of halogens is 1. The van der Waals surface area contributed by atoms with Crippen molar-refractivity contribution in [2.75, 3.05) is 26.2 Å². The Morgan fingerprint density at radius 3 is 2.50 bits per heavy atom. The fourth-order valence-corrected chi connectivity index (χ4v) is 3.54. The van der Waals surface area contributed by atoms with Gasteiger partial charge in [-0.05, 0) is 62.3 Å². The summed E-state index contributed by atoms with van der Waals surface area (Å²) in [5.41, 5.74) is 0.521. The molecule has 6 nitrogen and oxygen atoms in total. The van der Waals surface area contributed by atoms with Gasteiger partial charge in [0.2, 0.25) is 5.91 Å². The van der Waals surface area contributed by atoms with Crippen LogP contribution in [0.2, 0.25) is 5.02 Å². The Hall–Kier alpha value is -2.31. The fraction of sp³-hybridized carbons (Fsp3) is 0.429. The number of nitrogens with one attached hydrogen (secondary N) is 2. The van der Waals surface area contributed by atoms with Gasteiger partial charge in [0.1, 0.15) is 5.76 Å². The number of carbonyl (C=O) groups excluding carboxylic acids is 2. The van der Waals surface area contributed by atoms with Crippen LogP contribution < -0.4 is 10.6 Å². The summed E-state index contributed by atoms with van der Waals surface area (Å²) >= 11 is 5.82. The summed E-state index contributed by atoms with van der Waals surface area (Å²) in [4.78, 5) is 26.7. The lowest BCUT2D eigenvalue weighted by atomic mass is 10.1. The quantitative estimate of drug-likeness (QED) is 0.708. The van der Waals surface area contributed by atoms with Gasteiger partial charge in [0, 0.05) is 30.1 Å². The predicted molar refractivity (Wildman–Crippen MR) is 108 cm³/mol. The molecule has 2 aromatic rings. The van der Waals surface area contributed by atoms with Crippen LogP contribution in [0.3, 0.4) is 0 Å². The number of likely N-dealkylation sites (tertiary alicyclic amines) is 1. The summed E-state index contributed by atoms with van der Waals surface area (Å²) in [5, 5.41) is 6.32. The first kappa shape index (κ1) is 20.4. The molecular weight excluding hydrogens is 378 g/mol. The standard InChI is InChI=1S/C21H26ClN3O3/c22-17-8-6-16(7-9-17)21(27)23-11-10-20(26)24-15-18(19-5-4-14-28-19)25-12-2-1-3-13-25/h4-9,14,18H,1-3,10-13,15H2,(H,23,27)(H,24,26)/t18-/m1/s1. The third-order valence-corrected chi connectivity index (χ3v) is 5.19. The van der Waals surface area contributed by atoms with E-state index < -0.39 is 0 Å². The average molecular weight is 404 g/mol. The average Bonchev–Trinajstić information content (AvgIpc) is 3.24. The van der Waals surface area contributed by atoms with E-state index in [4.69, 9.17) is 16.0 Å². The van der Waals surface area contributed by atoms with E-state index in [1.165, 1.54) is 19.3 Å². The molecule has 150 valence electrons. The molecule has 28 heavy (non-hydrogen) atoms. The molecule has 0 radical (unpaired) electrons. The van der Waals surface area contributed by atoms with Gasteiger partial charge in [0.05, 0.1) is 12.3 Å². The van der Waals surface area contributed by atoms with E-state index >= 15 is 0 Å². The van der Waals surface area contributed by atoms with Crippen LogP contribution in [-0.4, -0.2) is 42.9 Å². The van der Waals surface area contributed by atoms with Crippen LogP contribution in [0.5, 0.6) is 0 Å². The molecule has 0 spiro atoms. The monoisotopic (exact) mass is 403 g/mol. The maximum absolute atomic E-state index is 12.2. The first-order chi connectivity index (χ1) is 13.6. The summed E-state index contributed by atoms with van der Waals surface area (Å²) in [6.07, 6.45) is 5.48. The second-order valence-corrected chi connectivity index (χ2v) is 7.38. The number of rotatable bonds is 8. The normalized spacial score (nSPS) is 15.8. The third kappa shape index (κ3) is 5.84. The zero-order valence-electron chi connectivity index (χ0n) is 15.8. The highest BCUT2D eigenvalue weighted by atomic mass is 35.5. The van der Waals surface area contributed by atoms with Crippen LogP contribution in [0.15, 0.2) is 47.1 Å². The molecule has 1 aromatic heterocycles. The molecular formula is C21H26ClN3O3. The minimum atomic E-state index is -0.216. The number of furan rings is 1. The number of benzene rings is 1. The van der Waals surface area contributed by atoms with E-state index in [-0.39, 0.29) is 30.8 Å². The number of carbonyl (C=O) groups is 2. The van der Waals surface area contributed by atoms with Gasteiger partial charge >= 0.3 is 0 Å². The molecule has 0 bridgehead atoms. The lowest BCUT2D eigenvalue weighted by Crippen LogP contribution is -2.41. The smallest absolute Gasteiger partial charge is 0.251 e. The summed E-state index contributed by atoms with van der Waals surface area (Å²) < 4.78 is 5.59. The molecule has 2 amide bonds. The van der Waals surface area contributed by atoms with Crippen LogP contribution in [0.25, 0.3) is 0 Å². The highest BCUT2D eigenvalue weighted by molar-refractivity contribution is 6.30. The Morgan fingerprint density at radius 1 is 1.07 bits per heavy atom. The van der Waals surface area contributed by atoms with Crippen molar-refractivity contribution in [2.24, 2.45) is 0 Å². The fourth-order valence-electron chi connectivity index (χ4n) is 3.41. The zero-order chi connectivity index (χ0) is 19.8. The van der Waals surface area contributed by atoms with Crippen LogP contribution in [-0.2, 0) is 4.79 Å². The molecule has 1 fully saturated rings. The van der Waals surface area contributed by atoms with Crippen molar-refractivity contribution in [3.05, 3.63) is 59.0 Å². The Kier molecular flexibility index (Phi) is 7.51. The van der Waals surface area contributed by atoms with Crippen molar-refractivity contribution >= 4 is 23.4 Å². The SMILES string of the molecule is O=C(CCNC(=O)c1ccc(Cl)cc1)NC[C@H](c1ccco1)N1CCCCC1. The number of piperidine rings is 1. The Bertz CT molecular complexity index is 756. The van der Waals surface area contributed by atoms with Crippen LogP contribution >= 0.6 is 11.6 Å². The molecule has 1 saturated heterocycles. The van der Waals surface area contributed by atoms with Crippen molar-refractivity contribution < 1.29 is 14.0 Å². The lowest BCUT2D eigenvalue weighted by Gasteiger charge is -2.33. The van der Waals surface area contributed by atoms with Gasteiger partial charge < -0.3 is 15.1 Å². The van der Waals surface area contributed by atoms with Gasteiger partial charge in [-0.2, -0.15) is 0 Å². The molecule has 0 aliphatic carbocycles. The van der Waals surface area contributed by atoms with E-state index in [1.54, 1.807) is 30.5 Å². The van der Waals surface area contributed by atoms with Gasteiger partial charge in [-0.15, -0.1) is 0 Å². The first-order valence-corrected chi connectivity index (χ1v) is 10.1. The number of amides is 2. The van der Waals surface area contributed by atoms with Crippen molar-refractivity contribution in [2.45, 2.75) is 31.7 Å². The molecule has 2 heterocycles. The van der Waals surface area contributed by atoms with E-state index in [9.17, 15) is 9.59 Å². The molecule has 1 aliphatic heterocycles. The van der Waals surface area contributed by atoms with Gasteiger partial charge in [0.15, 0.2) is 0 Å². The van der Waals surface area contributed by atoms with Gasteiger partial charge in [-0.25, -0.2) is 0 Å². The van der Waals surface area contributed by atoms with E-state index in [2.05, 4.69) is 15.5 Å². The third-order valence-electron chi connectivity index (χ3n) is 4.94. The predicted octanol–water partition coefficient (Wildman–Crippen LogP) is 3.40. The van der Waals surface area contributed by atoms with E-state index in [1.807, 2.05) is 12.1 Å². The highest BCUT2D eigenvalue weighted by Gasteiger charge is 2.24. The van der Waals surface area contributed by atoms with E-state index in [0.717, 1.165) is 18.8 Å². The topological polar surface area (TPSA) is 74.6 Å². The minimum absolute atomic E-state index is 0.0444. The van der Waals surface area contributed by atoms with Crippen LogP contribution in [0, 0.1) is 0 Å².